The van der Waals surface area contributed by atoms with E-state index >= 15 is 0 Å². The smallest absolute Gasteiger partial charge is 0.335 e. The highest BCUT2D eigenvalue weighted by Crippen LogP contribution is 2.41. The molecule has 0 bridgehead atoms. The van der Waals surface area contributed by atoms with Gasteiger partial charge in [0.15, 0.2) is 17.6 Å². The number of ether oxygens (including phenoxy) is 5. The maximum Gasteiger partial charge on any atom is 0.335 e. The molecule has 214 valence electrons. The minimum Gasteiger partial charge on any atom is -0.485 e. The first-order valence-corrected chi connectivity index (χ1v) is 14.0. The third-order valence-electron chi connectivity index (χ3n) is 7.16. The lowest BCUT2D eigenvalue weighted by Crippen LogP contribution is -2.44. The van der Waals surface area contributed by atoms with E-state index in [2.05, 4.69) is 24.9 Å². The summed E-state index contributed by atoms with van der Waals surface area (Å²) in [6.45, 7) is 8.90. The van der Waals surface area contributed by atoms with E-state index in [1.54, 1.807) is 0 Å². The highest BCUT2D eigenvalue weighted by Gasteiger charge is 2.38. The van der Waals surface area contributed by atoms with Crippen LogP contribution in [-0.2, 0) is 43.2 Å². The van der Waals surface area contributed by atoms with Gasteiger partial charge in [0.05, 0.1) is 7.11 Å². The highest BCUT2D eigenvalue weighted by molar-refractivity contribution is 5.75. The van der Waals surface area contributed by atoms with Crippen molar-refractivity contribution in [2.24, 2.45) is 0 Å². The maximum absolute atomic E-state index is 12.3. The molecule has 0 N–H and O–H groups in total. The number of benzene rings is 2. The molecule has 1 fully saturated rings. The van der Waals surface area contributed by atoms with E-state index < -0.39 is 30.4 Å². The highest BCUT2D eigenvalue weighted by atomic mass is 16.7. The summed E-state index contributed by atoms with van der Waals surface area (Å²) in [6.07, 6.45) is 1.08. The molecule has 39 heavy (non-hydrogen) atoms. The van der Waals surface area contributed by atoms with Gasteiger partial charge >= 0.3 is 11.9 Å². The standard InChI is InChI=1S/C29H37NO7.C2H6/c1-5-30(3)22-12-13-24-21(15-22)11-14-25(34-18-20-9-7-6-8-10-20)28(24)37-27-17-23(35-19(2)31)16-26(36-27)29(32)33-4;1-2/h6-11,14,22-23,26-27H,5,12-13,15-18H2,1-4H3;1-2H3/t22-,23?,26-,27?;/m0./s1. The predicted molar refractivity (Wildman–Crippen MR) is 149 cm³/mol. The van der Waals surface area contributed by atoms with Gasteiger partial charge in [0, 0.05) is 31.4 Å². The summed E-state index contributed by atoms with van der Waals surface area (Å²) in [5.41, 5.74) is 3.36. The molecule has 0 aromatic heterocycles. The lowest BCUT2D eigenvalue weighted by atomic mass is 9.86. The van der Waals surface area contributed by atoms with E-state index in [1.807, 2.05) is 50.2 Å². The fourth-order valence-corrected chi connectivity index (χ4v) is 5.06. The number of hydrogen-bond acceptors (Lipinski definition) is 8. The number of likely N-dealkylation sites (N-methyl/N-ethyl adjacent to an activating group) is 1. The number of hydrogen-bond donors (Lipinski definition) is 0. The summed E-state index contributed by atoms with van der Waals surface area (Å²) in [4.78, 5) is 26.3. The third kappa shape index (κ3) is 8.19. The second-order valence-corrected chi connectivity index (χ2v) is 9.67. The summed E-state index contributed by atoms with van der Waals surface area (Å²) < 4.78 is 29.0. The van der Waals surface area contributed by atoms with Crippen LogP contribution in [0.2, 0.25) is 0 Å². The normalized spacial score (nSPS) is 22.1. The van der Waals surface area contributed by atoms with Crippen molar-refractivity contribution < 1.29 is 33.3 Å². The molecule has 0 radical (unpaired) electrons. The van der Waals surface area contributed by atoms with E-state index in [9.17, 15) is 9.59 Å². The molecule has 8 nitrogen and oxygen atoms in total. The van der Waals surface area contributed by atoms with Crippen LogP contribution in [0, 0.1) is 0 Å². The Labute approximate surface area is 232 Å². The zero-order chi connectivity index (χ0) is 28.4. The molecule has 4 atom stereocenters. The molecule has 8 heteroatoms. The van der Waals surface area contributed by atoms with Crippen molar-refractivity contribution in [2.75, 3.05) is 20.7 Å². The second-order valence-electron chi connectivity index (χ2n) is 9.67. The van der Waals surface area contributed by atoms with Gasteiger partial charge in [0.25, 0.3) is 0 Å². The van der Waals surface area contributed by atoms with Crippen molar-refractivity contribution in [3.8, 4) is 11.5 Å². The molecule has 2 aromatic rings. The Bertz CT molecular complexity index is 1070. The minimum absolute atomic E-state index is 0.224. The fourth-order valence-electron chi connectivity index (χ4n) is 5.06. The third-order valence-corrected chi connectivity index (χ3v) is 7.16. The van der Waals surface area contributed by atoms with E-state index in [0.29, 0.717) is 30.6 Å². The van der Waals surface area contributed by atoms with Crippen molar-refractivity contribution in [2.45, 2.75) is 90.9 Å². The van der Waals surface area contributed by atoms with Crippen LogP contribution in [0.15, 0.2) is 42.5 Å². The van der Waals surface area contributed by atoms with Crippen LogP contribution in [0.3, 0.4) is 0 Å². The largest absolute Gasteiger partial charge is 0.485 e. The summed E-state index contributed by atoms with van der Waals surface area (Å²) in [5, 5.41) is 0. The summed E-state index contributed by atoms with van der Waals surface area (Å²) in [6, 6.07) is 14.5. The first kappa shape index (κ1) is 30.4. The molecule has 0 amide bonds. The molecule has 0 saturated carbocycles. The van der Waals surface area contributed by atoms with Crippen LogP contribution in [0.25, 0.3) is 0 Å². The van der Waals surface area contributed by atoms with Crippen LogP contribution in [0.4, 0.5) is 0 Å². The van der Waals surface area contributed by atoms with Gasteiger partial charge in [-0.1, -0.05) is 57.2 Å². The molecule has 1 aliphatic carbocycles. The van der Waals surface area contributed by atoms with Crippen LogP contribution in [0.5, 0.6) is 11.5 Å². The van der Waals surface area contributed by atoms with Gasteiger partial charge in [0.2, 0.25) is 6.29 Å². The number of methoxy groups -OCH3 is 1. The lowest BCUT2D eigenvalue weighted by Gasteiger charge is -2.36. The SMILES string of the molecule is CC.CCN(C)[C@H]1CCc2c(ccc(OCc3ccccc3)c2OC2CC(OC(C)=O)C[C@@H](C(=O)OC)O2)C1. The second kappa shape index (κ2) is 14.9. The van der Waals surface area contributed by atoms with Crippen LogP contribution < -0.4 is 9.47 Å². The molecule has 2 unspecified atom stereocenters. The predicted octanol–water partition coefficient (Wildman–Crippen LogP) is 5.09. The Kier molecular flexibility index (Phi) is 11.6. The van der Waals surface area contributed by atoms with Crippen LogP contribution >= 0.6 is 0 Å². The van der Waals surface area contributed by atoms with Gasteiger partial charge in [0.1, 0.15) is 12.7 Å². The molecule has 2 aliphatic rings. The minimum atomic E-state index is -0.885. The molecule has 1 saturated heterocycles. The molecule has 4 rings (SSSR count). The molecule has 2 aromatic carbocycles. The Morgan fingerprint density at radius 1 is 1.08 bits per heavy atom. The molecule has 1 aliphatic heterocycles. The van der Waals surface area contributed by atoms with Gasteiger partial charge in [-0.15, -0.1) is 0 Å². The fraction of sp³-hybridized carbons (Fsp3) is 0.548. The van der Waals surface area contributed by atoms with Crippen LogP contribution in [-0.4, -0.2) is 62.1 Å². The Morgan fingerprint density at radius 3 is 2.49 bits per heavy atom. The zero-order valence-electron chi connectivity index (χ0n) is 24.1. The van der Waals surface area contributed by atoms with Crippen LogP contribution in [0.1, 0.15) is 63.6 Å². The summed E-state index contributed by atoms with van der Waals surface area (Å²) in [7, 11) is 3.46. The Hall–Kier alpha value is -3.10. The van der Waals surface area contributed by atoms with Gasteiger partial charge < -0.3 is 28.6 Å². The Balaban J connectivity index is 0.00000205. The average Bonchev–Trinajstić information content (AvgIpc) is 2.96. The van der Waals surface area contributed by atoms with Crippen molar-refractivity contribution >= 4 is 11.9 Å². The van der Waals surface area contributed by atoms with Crippen molar-refractivity contribution in [3.63, 3.8) is 0 Å². The average molecular weight is 542 g/mol. The van der Waals surface area contributed by atoms with Gasteiger partial charge in [-0.25, -0.2) is 4.79 Å². The van der Waals surface area contributed by atoms with Gasteiger partial charge in [-0.05, 0) is 50.0 Å². The lowest BCUT2D eigenvalue weighted by molar-refractivity contribution is -0.204. The van der Waals surface area contributed by atoms with E-state index in [4.69, 9.17) is 23.7 Å². The number of carbonyl (C=O) groups excluding carboxylic acids is 2. The monoisotopic (exact) mass is 541 g/mol. The molecular formula is C31H43NO7. The van der Waals surface area contributed by atoms with Gasteiger partial charge in [-0.3, -0.25) is 4.79 Å². The summed E-state index contributed by atoms with van der Waals surface area (Å²) >= 11 is 0. The number of rotatable bonds is 9. The quantitative estimate of drug-likeness (QED) is 0.406. The zero-order valence-corrected chi connectivity index (χ0v) is 24.1. The number of esters is 2. The van der Waals surface area contributed by atoms with E-state index in [1.165, 1.54) is 19.6 Å². The molecule has 1 heterocycles. The molecular weight excluding hydrogens is 498 g/mol. The van der Waals surface area contributed by atoms with E-state index in [0.717, 1.165) is 36.9 Å². The number of fused-ring (bicyclic) bond motifs is 1. The summed E-state index contributed by atoms with van der Waals surface area (Å²) in [5.74, 6) is 0.316. The van der Waals surface area contributed by atoms with Crippen molar-refractivity contribution in [1.82, 2.24) is 4.90 Å². The topological polar surface area (TPSA) is 83.5 Å². The first-order chi connectivity index (χ1) is 18.9. The number of nitrogens with zero attached hydrogens (tertiary/aromatic N) is 1. The molecule has 0 spiro atoms. The number of carbonyl (C=O) groups is 2. The van der Waals surface area contributed by atoms with Gasteiger partial charge in [-0.2, -0.15) is 0 Å². The first-order valence-electron chi connectivity index (χ1n) is 14.0. The van der Waals surface area contributed by atoms with Crippen molar-refractivity contribution in [1.29, 1.82) is 0 Å². The van der Waals surface area contributed by atoms with Crippen molar-refractivity contribution in [3.05, 3.63) is 59.2 Å². The Morgan fingerprint density at radius 2 is 1.82 bits per heavy atom. The maximum atomic E-state index is 12.3. The van der Waals surface area contributed by atoms with E-state index in [-0.39, 0.29) is 6.42 Å².